The molecular formula is C18H25NO3. The van der Waals surface area contributed by atoms with Crippen molar-refractivity contribution >= 4 is 17.6 Å². The van der Waals surface area contributed by atoms with E-state index >= 15 is 0 Å². The molecule has 0 aromatic heterocycles. The molecule has 0 radical (unpaired) electrons. The van der Waals surface area contributed by atoms with Gasteiger partial charge in [0.1, 0.15) is 0 Å². The maximum Gasteiger partial charge on any atom is 0.303 e. The summed E-state index contributed by atoms with van der Waals surface area (Å²) in [5.74, 6) is -0.311. The van der Waals surface area contributed by atoms with Gasteiger partial charge in [-0.15, -0.1) is 0 Å². The van der Waals surface area contributed by atoms with Crippen LogP contribution in [0.25, 0.3) is 0 Å². The van der Waals surface area contributed by atoms with Gasteiger partial charge in [0.05, 0.1) is 0 Å². The zero-order valence-electron chi connectivity index (χ0n) is 13.4. The number of aliphatic carboxylic acids is 1. The molecule has 0 spiro atoms. The van der Waals surface area contributed by atoms with Crippen molar-refractivity contribution in [1.29, 1.82) is 0 Å². The minimum absolute atomic E-state index is 0.0507. The Morgan fingerprint density at radius 3 is 2.59 bits per heavy atom. The summed E-state index contributed by atoms with van der Waals surface area (Å²) in [6.45, 7) is 4.04. The molecule has 0 unspecified atom stereocenters. The standard InChI is InChI=1S/C18H25NO3/c1-18(2,14-7-3-4-8-14)17(22)19-15-9-5-6-13(12-15)10-11-16(20)21/h5-6,9,12,14H,3-4,7-8,10-11H2,1-2H3,(H,19,22)(H,20,21). The number of rotatable bonds is 6. The molecule has 1 aromatic rings. The van der Waals surface area contributed by atoms with Crippen LogP contribution in [0.3, 0.4) is 0 Å². The maximum atomic E-state index is 12.6. The Morgan fingerprint density at radius 1 is 1.27 bits per heavy atom. The number of carbonyl (C=O) groups excluding carboxylic acids is 1. The van der Waals surface area contributed by atoms with Crippen LogP contribution in [0.1, 0.15) is 51.5 Å². The van der Waals surface area contributed by atoms with Gasteiger partial charge in [-0.05, 0) is 42.9 Å². The summed E-state index contributed by atoms with van der Waals surface area (Å²) < 4.78 is 0. The summed E-state index contributed by atoms with van der Waals surface area (Å²) in [7, 11) is 0. The second kappa shape index (κ2) is 6.95. The largest absolute Gasteiger partial charge is 0.481 e. The van der Waals surface area contributed by atoms with E-state index in [1.807, 2.05) is 38.1 Å². The number of hydrogen-bond donors (Lipinski definition) is 2. The first kappa shape index (κ1) is 16.5. The third-order valence-corrected chi connectivity index (χ3v) is 4.77. The molecule has 0 aliphatic heterocycles. The number of aryl methyl sites for hydroxylation is 1. The number of carboxylic acid groups (broad SMARTS) is 1. The SMILES string of the molecule is CC(C)(C(=O)Nc1cccc(CCC(=O)O)c1)C1CCCC1. The normalized spacial score (nSPS) is 15.7. The van der Waals surface area contributed by atoms with Crippen molar-refractivity contribution in [2.45, 2.75) is 52.4 Å². The molecule has 1 aliphatic rings. The van der Waals surface area contributed by atoms with Crippen molar-refractivity contribution in [1.82, 2.24) is 0 Å². The molecule has 4 heteroatoms. The van der Waals surface area contributed by atoms with Crippen LogP contribution in [-0.4, -0.2) is 17.0 Å². The molecule has 1 aliphatic carbocycles. The van der Waals surface area contributed by atoms with Gasteiger partial charge >= 0.3 is 5.97 Å². The van der Waals surface area contributed by atoms with Gasteiger partial charge < -0.3 is 10.4 Å². The van der Waals surface area contributed by atoms with E-state index in [-0.39, 0.29) is 17.7 Å². The average Bonchev–Trinajstić information content (AvgIpc) is 3.00. The number of carbonyl (C=O) groups is 2. The first-order chi connectivity index (χ1) is 10.4. The number of nitrogens with one attached hydrogen (secondary N) is 1. The average molecular weight is 303 g/mol. The zero-order valence-corrected chi connectivity index (χ0v) is 13.4. The van der Waals surface area contributed by atoms with Crippen LogP contribution in [0, 0.1) is 11.3 Å². The highest BCUT2D eigenvalue weighted by Crippen LogP contribution is 2.40. The summed E-state index contributed by atoms with van der Waals surface area (Å²) in [5, 5.41) is 11.7. The Balaban J connectivity index is 2.01. The molecule has 0 atom stereocenters. The molecule has 2 N–H and O–H groups in total. The lowest BCUT2D eigenvalue weighted by Crippen LogP contribution is -2.36. The van der Waals surface area contributed by atoms with Crippen molar-refractivity contribution in [2.75, 3.05) is 5.32 Å². The first-order valence-corrected chi connectivity index (χ1v) is 8.02. The summed E-state index contributed by atoms with van der Waals surface area (Å²) in [5.41, 5.74) is 1.31. The van der Waals surface area contributed by atoms with E-state index in [0.717, 1.165) is 24.1 Å². The Kier molecular flexibility index (Phi) is 5.22. The van der Waals surface area contributed by atoms with Gasteiger partial charge in [-0.1, -0.05) is 38.8 Å². The Bertz CT molecular complexity index is 545. The van der Waals surface area contributed by atoms with Gasteiger partial charge in [0, 0.05) is 17.5 Å². The van der Waals surface area contributed by atoms with Crippen molar-refractivity contribution in [2.24, 2.45) is 11.3 Å². The monoisotopic (exact) mass is 303 g/mol. The van der Waals surface area contributed by atoms with Gasteiger partial charge in [0.25, 0.3) is 0 Å². The maximum absolute atomic E-state index is 12.6. The van der Waals surface area contributed by atoms with E-state index in [0.29, 0.717) is 12.3 Å². The van der Waals surface area contributed by atoms with Gasteiger partial charge in [-0.25, -0.2) is 0 Å². The summed E-state index contributed by atoms with van der Waals surface area (Å²) >= 11 is 0. The molecular weight excluding hydrogens is 278 g/mol. The lowest BCUT2D eigenvalue weighted by atomic mass is 9.77. The summed E-state index contributed by atoms with van der Waals surface area (Å²) in [6.07, 6.45) is 5.26. The topological polar surface area (TPSA) is 66.4 Å². The van der Waals surface area contributed by atoms with E-state index in [4.69, 9.17) is 5.11 Å². The smallest absolute Gasteiger partial charge is 0.303 e. The minimum Gasteiger partial charge on any atom is -0.481 e. The molecule has 120 valence electrons. The van der Waals surface area contributed by atoms with Gasteiger partial charge in [0.2, 0.25) is 5.91 Å². The molecule has 22 heavy (non-hydrogen) atoms. The van der Waals surface area contributed by atoms with E-state index in [1.165, 1.54) is 12.8 Å². The highest BCUT2D eigenvalue weighted by atomic mass is 16.4. The number of amides is 1. The molecule has 1 saturated carbocycles. The number of benzene rings is 1. The van der Waals surface area contributed by atoms with E-state index < -0.39 is 5.97 Å². The molecule has 1 amide bonds. The first-order valence-electron chi connectivity index (χ1n) is 8.02. The molecule has 0 heterocycles. The van der Waals surface area contributed by atoms with Crippen molar-refractivity contribution in [3.05, 3.63) is 29.8 Å². The minimum atomic E-state index is -0.809. The number of hydrogen-bond acceptors (Lipinski definition) is 2. The van der Waals surface area contributed by atoms with E-state index in [9.17, 15) is 9.59 Å². The fourth-order valence-electron chi connectivity index (χ4n) is 3.18. The third-order valence-electron chi connectivity index (χ3n) is 4.77. The molecule has 2 rings (SSSR count). The predicted molar refractivity (Wildman–Crippen MR) is 86.8 cm³/mol. The summed E-state index contributed by atoms with van der Waals surface area (Å²) in [4.78, 5) is 23.2. The number of anilines is 1. The Labute approximate surface area is 131 Å². The lowest BCUT2D eigenvalue weighted by Gasteiger charge is -2.30. The van der Waals surface area contributed by atoms with Gasteiger partial charge in [0.15, 0.2) is 0 Å². The fraction of sp³-hybridized carbons (Fsp3) is 0.556. The molecule has 4 nitrogen and oxygen atoms in total. The van der Waals surface area contributed by atoms with Crippen LogP contribution in [0.15, 0.2) is 24.3 Å². The van der Waals surface area contributed by atoms with Gasteiger partial charge in [-0.2, -0.15) is 0 Å². The third kappa shape index (κ3) is 4.09. The van der Waals surface area contributed by atoms with E-state index in [2.05, 4.69) is 5.32 Å². The van der Waals surface area contributed by atoms with Crippen LogP contribution in [0.5, 0.6) is 0 Å². The van der Waals surface area contributed by atoms with Crippen molar-refractivity contribution < 1.29 is 14.7 Å². The van der Waals surface area contributed by atoms with Crippen molar-refractivity contribution in [3.63, 3.8) is 0 Å². The highest BCUT2D eigenvalue weighted by Gasteiger charge is 2.38. The molecule has 0 saturated heterocycles. The van der Waals surface area contributed by atoms with Gasteiger partial charge in [-0.3, -0.25) is 9.59 Å². The second-order valence-corrected chi connectivity index (χ2v) is 6.75. The quantitative estimate of drug-likeness (QED) is 0.838. The molecule has 1 fully saturated rings. The summed E-state index contributed by atoms with van der Waals surface area (Å²) in [6, 6.07) is 7.47. The van der Waals surface area contributed by atoms with E-state index in [1.54, 1.807) is 0 Å². The Morgan fingerprint density at radius 2 is 1.95 bits per heavy atom. The second-order valence-electron chi connectivity index (χ2n) is 6.75. The van der Waals surface area contributed by atoms with Crippen LogP contribution in [-0.2, 0) is 16.0 Å². The lowest BCUT2D eigenvalue weighted by molar-refractivity contribution is -0.137. The predicted octanol–water partition coefficient (Wildman–Crippen LogP) is 3.86. The highest BCUT2D eigenvalue weighted by molar-refractivity contribution is 5.95. The Hall–Kier alpha value is -1.84. The van der Waals surface area contributed by atoms with Crippen molar-refractivity contribution in [3.8, 4) is 0 Å². The van der Waals surface area contributed by atoms with Crippen LogP contribution in [0.4, 0.5) is 5.69 Å². The fourth-order valence-corrected chi connectivity index (χ4v) is 3.18. The molecule has 1 aromatic carbocycles. The van der Waals surface area contributed by atoms with Crippen LogP contribution >= 0.6 is 0 Å². The zero-order chi connectivity index (χ0) is 16.2. The number of carboxylic acids is 1. The molecule has 0 bridgehead atoms. The van der Waals surface area contributed by atoms with Crippen LogP contribution < -0.4 is 5.32 Å². The van der Waals surface area contributed by atoms with Crippen LogP contribution in [0.2, 0.25) is 0 Å².